The molecule has 296 valence electrons. The Balaban J connectivity index is 0.000000208. The number of alkyl halides is 2. The fourth-order valence-corrected chi connectivity index (χ4v) is 10.9. The van der Waals surface area contributed by atoms with E-state index in [-0.39, 0.29) is 37.5 Å². The first-order valence-electron chi connectivity index (χ1n) is 18.0. The number of halogens is 4. The third-order valence-corrected chi connectivity index (χ3v) is 12.7. The number of aliphatic imine (C=N–C) groups is 2. The molecule has 6 N–H and O–H groups in total. The third-order valence-electron chi connectivity index (χ3n) is 10.5. The van der Waals surface area contributed by atoms with Crippen LogP contribution in [0.2, 0.25) is 0 Å². The third kappa shape index (κ3) is 8.29. The summed E-state index contributed by atoms with van der Waals surface area (Å²) in [5.41, 5.74) is 9.84. The molecule has 2 aliphatic carbocycles. The Kier molecular flexibility index (Phi) is 11.9. The topological polar surface area (TPSA) is 158 Å². The maximum Gasteiger partial charge on any atom is 0.413 e. The van der Waals surface area contributed by atoms with E-state index in [1.807, 2.05) is 0 Å². The van der Waals surface area contributed by atoms with Crippen LogP contribution < -0.4 is 11.5 Å². The molecule has 2 aromatic rings. The molecule has 2 fully saturated rings. The predicted molar refractivity (Wildman–Crippen MR) is 208 cm³/mol. The van der Waals surface area contributed by atoms with Gasteiger partial charge >= 0.3 is 12.2 Å². The Labute approximate surface area is 322 Å². The molecule has 0 unspecified atom stereocenters. The molecule has 0 radical (unpaired) electrons. The molecule has 4 aliphatic rings. The van der Waals surface area contributed by atoms with Crippen LogP contribution in [0.3, 0.4) is 0 Å². The summed E-state index contributed by atoms with van der Waals surface area (Å²) < 4.78 is 57.8. The van der Waals surface area contributed by atoms with E-state index in [0.717, 1.165) is 0 Å². The molecule has 6 rings (SSSR count). The van der Waals surface area contributed by atoms with E-state index < -0.39 is 58.3 Å². The summed E-state index contributed by atoms with van der Waals surface area (Å²) in [7, 11) is 0. The summed E-state index contributed by atoms with van der Waals surface area (Å²) in [5.74, 6) is -0.372. The quantitative estimate of drug-likeness (QED) is 0.173. The van der Waals surface area contributed by atoms with Crippen LogP contribution in [0.15, 0.2) is 46.4 Å². The SMILES string of the molecule is CC(C)(C)N(C(=O)O)C1=N[C@@]2(c3cc(N)ccc3F)CC[C@H](F)C[C@H]2CS1.CC(C)(C)N(C(=O)O)C1=N[C@@]2(c3cc(N)ccc3F)CC[C@H](F)C[C@H]2CS1. The zero-order valence-corrected chi connectivity index (χ0v) is 33.0. The van der Waals surface area contributed by atoms with Gasteiger partial charge in [-0.3, -0.25) is 19.8 Å². The van der Waals surface area contributed by atoms with Crippen molar-refractivity contribution < 1.29 is 37.4 Å². The van der Waals surface area contributed by atoms with Crippen LogP contribution in [0, 0.1) is 23.5 Å². The minimum atomic E-state index is -1.12. The van der Waals surface area contributed by atoms with Crippen molar-refractivity contribution in [2.24, 2.45) is 21.8 Å². The number of thioether (sulfide) groups is 2. The molecule has 16 heteroatoms. The molecule has 2 heterocycles. The van der Waals surface area contributed by atoms with Crippen molar-refractivity contribution >= 4 is 57.4 Å². The first-order valence-corrected chi connectivity index (χ1v) is 20.0. The van der Waals surface area contributed by atoms with Crippen molar-refractivity contribution in [1.29, 1.82) is 0 Å². The van der Waals surface area contributed by atoms with Crippen LogP contribution in [0.4, 0.5) is 38.5 Å². The zero-order chi connectivity index (χ0) is 40.0. The van der Waals surface area contributed by atoms with E-state index in [1.165, 1.54) is 57.6 Å². The molecule has 0 aromatic heterocycles. The second-order valence-corrected chi connectivity index (χ2v) is 18.4. The number of carboxylic acid groups (broad SMARTS) is 2. The Bertz CT molecular complexity index is 1690. The fourth-order valence-electron chi connectivity index (χ4n) is 7.99. The number of anilines is 2. The Hall–Kier alpha value is -3.66. The molecule has 10 nitrogen and oxygen atoms in total. The zero-order valence-electron chi connectivity index (χ0n) is 31.4. The number of hydrogen-bond acceptors (Lipinski definition) is 8. The highest BCUT2D eigenvalue weighted by molar-refractivity contribution is 8.14. The number of amides is 2. The number of nitrogens with two attached hydrogens (primary N) is 2. The minimum absolute atomic E-state index is 0.220. The standard InChI is InChI=1S/2C19H25F2N3O2S/c2*1-18(2,3)24(17(25)26)16-23-19(14-9-13(22)4-5-15(14)21)7-6-12(20)8-11(19)10-27-16/h2*4-5,9,11-12H,6-8,10,22H2,1-3H3,(H,25,26)/t2*11-,12-,19-/m00/s1. The first-order chi connectivity index (χ1) is 25.1. The number of amidine groups is 2. The van der Waals surface area contributed by atoms with Crippen molar-refractivity contribution in [3.63, 3.8) is 0 Å². The highest BCUT2D eigenvalue weighted by Gasteiger charge is 2.52. The van der Waals surface area contributed by atoms with Gasteiger partial charge in [-0.15, -0.1) is 0 Å². The van der Waals surface area contributed by atoms with Gasteiger partial charge in [-0.1, -0.05) is 23.5 Å². The van der Waals surface area contributed by atoms with Crippen molar-refractivity contribution in [3.05, 3.63) is 59.2 Å². The van der Waals surface area contributed by atoms with Gasteiger partial charge in [0.1, 0.15) is 24.0 Å². The van der Waals surface area contributed by atoms with Crippen LogP contribution in [0.1, 0.15) is 91.2 Å². The van der Waals surface area contributed by atoms with E-state index in [4.69, 9.17) is 21.5 Å². The lowest BCUT2D eigenvalue weighted by Crippen LogP contribution is -2.52. The molecule has 0 bridgehead atoms. The van der Waals surface area contributed by atoms with Crippen molar-refractivity contribution in [2.45, 2.75) is 115 Å². The summed E-state index contributed by atoms with van der Waals surface area (Å²) in [6, 6.07) is 8.67. The highest BCUT2D eigenvalue weighted by Crippen LogP contribution is 2.53. The van der Waals surface area contributed by atoms with Gasteiger partial charge in [0.2, 0.25) is 0 Å². The Morgan fingerprint density at radius 2 is 1.07 bits per heavy atom. The summed E-state index contributed by atoms with van der Waals surface area (Å²) in [4.78, 5) is 35.8. The summed E-state index contributed by atoms with van der Waals surface area (Å²) in [6.45, 7) is 10.7. The number of nitrogens with zero attached hydrogens (tertiary/aromatic N) is 4. The van der Waals surface area contributed by atoms with Gasteiger partial charge in [0.05, 0.1) is 11.1 Å². The molecule has 0 spiro atoms. The average Bonchev–Trinajstić information content (AvgIpc) is 3.06. The molecule has 54 heavy (non-hydrogen) atoms. The summed E-state index contributed by atoms with van der Waals surface area (Å²) in [6.07, 6.45) is -2.43. The number of hydrogen-bond donors (Lipinski definition) is 4. The second kappa shape index (κ2) is 15.5. The summed E-state index contributed by atoms with van der Waals surface area (Å²) in [5, 5.41) is 20.1. The normalized spacial score (nSPS) is 28.3. The first kappa shape index (κ1) is 41.5. The van der Waals surface area contributed by atoms with Gasteiger partial charge in [-0.05, 0) is 116 Å². The lowest BCUT2D eigenvalue weighted by Gasteiger charge is -2.47. The monoisotopic (exact) mass is 794 g/mol. The van der Waals surface area contributed by atoms with Crippen LogP contribution in [0.5, 0.6) is 0 Å². The van der Waals surface area contributed by atoms with Crippen molar-refractivity contribution in [3.8, 4) is 0 Å². The van der Waals surface area contributed by atoms with Gasteiger partial charge in [-0.25, -0.2) is 27.2 Å². The number of carbonyl (C=O) groups is 2. The summed E-state index contributed by atoms with van der Waals surface area (Å²) >= 11 is 2.58. The average molecular weight is 795 g/mol. The second-order valence-electron chi connectivity index (χ2n) is 16.5. The molecule has 2 saturated carbocycles. The molecule has 2 amide bonds. The lowest BCUT2D eigenvalue weighted by molar-refractivity contribution is 0.117. The predicted octanol–water partition coefficient (Wildman–Crippen LogP) is 9.25. The molecule has 2 aromatic carbocycles. The van der Waals surface area contributed by atoms with E-state index in [0.29, 0.717) is 57.2 Å². The van der Waals surface area contributed by atoms with Gasteiger partial charge in [0.25, 0.3) is 0 Å². The van der Waals surface area contributed by atoms with Gasteiger partial charge < -0.3 is 21.7 Å². The van der Waals surface area contributed by atoms with Crippen LogP contribution in [-0.4, -0.2) is 77.5 Å². The smallest absolute Gasteiger partial charge is 0.413 e. The van der Waals surface area contributed by atoms with E-state index >= 15 is 0 Å². The van der Waals surface area contributed by atoms with E-state index in [1.54, 1.807) is 53.7 Å². The largest absolute Gasteiger partial charge is 0.465 e. The molecule has 2 aliphatic heterocycles. The highest BCUT2D eigenvalue weighted by atomic mass is 32.2. The molecule has 6 atom stereocenters. The number of rotatable bonds is 2. The molecule has 0 saturated heterocycles. The molecular weight excluding hydrogens is 745 g/mol. The van der Waals surface area contributed by atoms with E-state index in [9.17, 15) is 37.4 Å². The van der Waals surface area contributed by atoms with Crippen LogP contribution >= 0.6 is 23.5 Å². The van der Waals surface area contributed by atoms with E-state index in [2.05, 4.69) is 0 Å². The Morgan fingerprint density at radius 1 is 0.722 bits per heavy atom. The maximum atomic E-state index is 14.8. The minimum Gasteiger partial charge on any atom is -0.465 e. The molecular formula is C38H50F4N6O4S2. The maximum absolute atomic E-state index is 14.8. The van der Waals surface area contributed by atoms with Gasteiger partial charge in [0.15, 0.2) is 10.3 Å². The lowest BCUT2D eigenvalue weighted by atomic mass is 9.69. The fraction of sp³-hybridized carbons (Fsp3) is 0.579. The number of fused-ring (bicyclic) bond motifs is 2. The number of benzene rings is 2. The number of nitrogen functional groups attached to an aromatic ring is 2. The van der Waals surface area contributed by atoms with Crippen LogP contribution in [0.25, 0.3) is 0 Å². The van der Waals surface area contributed by atoms with Crippen molar-refractivity contribution in [1.82, 2.24) is 9.80 Å². The van der Waals surface area contributed by atoms with Crippen molar-refractivity contribution in [2.75, 3.05) is 23.0 Å². The van der Waals surface area contributed by atoms with Crippen LogP contribution in [-0.2, 0) is 11.1 Å². The Morgan fingerprint density at radius 3 is 1.39 bits per heavy atom. The van der Waals surface area contributed by atoms with Gasteiger partial charge in [0, 0.05) is 56.9 Å². The van der Waals surface area contributed by atoms with Gasteiger partial charge in [-0.2, -0.15) is 0 Å².